The predicted molar refractivity (Wildman–Crippen MR) is 47.9 cm³/mol. The quantitative estimate of drug-likeness (QED) is 0.465. The van der Waals surface area contributed by atoms with Gasteiger partial charge in [0.2, 0.25) is 0 Å². The van der Waals surface area contributed by atoms with Crippen molar-refractivity contribution >= 4 is 12.3 Å². The lowest BCUT2D eigenvalue weighted by molar-refractivity contribution is 0.503. The molecular formula is C7H16N4. The SMILES string of the molecule is CCN=C(N)N(C=N)C(C)C. The van der Waals surface area contributed by atoms with E-state index in [9.17, 15) is 0 Å². The molecule has 0 bridgehead atoms. The van der Waals surface area contributed by atoms with Crippen LogP contribution in [0.3, 0.4) is 0 Å². The van der Waals surface area contributed by atoms with Crippen LogP contribution >= 0.6 is 0 Å². The largest absolute Gasteiger partial charge is 0.369 e. The molecule has 11 heavy (non-hydrogen) atoms. The van der Waals surface area contributed by atoms with Crippen molar-refractivity contribution in [1.29, 1.82) is 5.41 Å². The van der Waals surface area contributed by atoms with Gasteiger partial charge in [-0.05, 0) is 20.8 Å². The summed E-state index contributed by atoms with van der Waals surface area (Å²) in [6, 6.07) is 0.197. The number of rotatable bonds is 3. The number of nitrogens with zero attached hydrogens (tertiary/aromatic N) is 2. The van der Waals surface area contributed by atoms with Crippen molar-refractivity contribution in [2.24, 2.45) is 10.7 Å². The molecule has 0 aliphatic rings. The average molecular weight is 156 g/mol. The molecule has 0 atom stereocenters. The molecule has 0 fully saturated rings. The molecule has 0 aromatic heterocycles. The first-order valence-corrected chi connectivity index (χ1v) is 3.72. The van der Waals surface area contributed by atoms with Crippen LogP contribution in [0, 0.1) is 5.41 Å². The third kappa shape index (κ3) is 3.02. The highest BCUT2D eigenvalue weighted by Crippen LogP contribution is 1.92. The van der Waals surface area contributed by atoms with Crippen molar-refractivity contribution in [1.82, 2.24) is 4.90 Å². The van der Waals surface area contributed by atoms with Gasteiger partial charge in [-0.15, -0.1) is 0 Å². The summed E-state index contributed by atoms with van der Waals surface area (Å²) in [5.74, 6) is 0.414. The summed E-state index contributed by atoms with van der Waals surface area (Å²) >= 11 is 0. The van der Waals surface area contributed by atoms with E-state index >= 15 is 0 Å². The topological polar surface area (TPSA) is 65.5 Å². The van der Waals surface area contributed by atoms with Crippen LogP contribution in [0.2, 0.25) is 0 Å². The molecule has 0 unspecified atom stereocenters. The third-order valence-electron chi connectivity index (χ3n) is 1.28. The molecule has 0 saturated heterocycles. The number of aliphatic imine (C=N–C) groups is 1. The molecule has 0 rings (SSSR count). The van der Waals surface area contributed by atoms with Gasteiger partial charge in [0, 0.05) is 12.6 Å². The Morgan fingerprint density at radius 3 is 2.55 bits per heavy atom. The molecule has 0 saturated carbocycles. The van der Waals surface area contributed by atoms with Gasteiger partial charge in [-0.2, -0.15) is 0 Å². The lowest BCUT2D eigenvalue weighted by atomic mass is 10.3. The minimum Gasteiger partial charge on any atom is -0.369 e. The monoisotopic (exact) mass is 156 g/mol. The maximum absolute atomic E-state index is 7.04. The second kappa shape index (κ2) is 4.71. The molecular weight excluding hydrogens is 140 g/mol. The number of nitrogens with one attached hydrogen (secondary N) is 1. The number of nitrogens with two attached hydrogens (primary N) is 1. The van der Waals surface area contributed by atoms with Crippen LogP contribution in [0.25, 0.3) is 0 Å². The molecule has 64 valence electrons. The minimum atomic E-state index is 0.197. The van der Waals surface area contributed by atoms with Crippen LogP contribution in [0.15, 0.2) is 4.99 Å². The van der Waals surface area contributed by atoms with Crippen LogP contribution < -0.4 is 5.73 Å². The first-order chi connectivity index (χ1) is 5.13. The summed E-state index contributed by atoms with van der Waals surface area (Å²) in [5, 5.41) is 7.04. The highest BCUT2D eigenvalue weighted by atomic mass is 15.3. The van der Waals surface area contributed by atoms with Crippen molar-refractivity contribution in [3.8, 4) is 0 Å². The van der Waals surface area contributed by atoms with Gasteiger partial charge in [0.1, 0.15) is 0 Å². The van der Waals surface area contributed by atoms with Gasteiger partial charge < -0.3 is 10.6 Å². The molecule has 4 nitrogen and oxygen atoms in total. The van der Waals surface area contributed by atoms with Crippen LogP contribution in [0.4, 0.5) is 0 Å². The molecule has 0 aromatic carbocycles. The summed E-state index contributed by atoms with van der Waals surface area (Å²) in [6.45, 7) is 6.49. The van der Waals surface area contributed by atoms with Gasteiger partial charge in [0.25, 0.3) is 0 Å². The average Bonchev–Trinajstić information content (AvgIpc) is 1.88. The number of hydrogen-bond acceptors (Lipinski definition) is 2. The molecule has 3 N–H and O–H groups in total. The van der Waals surface area contributed by atoms with E-state index in [4.69, 9.17) is 11.1 Å². The Morgan fingerprint density at radius 2 is 2.27 bits per heavy atom. The third-order valence-corrected chi connectivity index (χ3v) is 1.28. The fourth-order valence-electron chi connectivity index (χ4n) is 0.723. The zero-order chi connectivity index (χ0) is 8.85. The number of guanidine groups is 1. The van der Waals surface area contributed by atoms with Crippen molar-refractivity contribution in [3.05, 3.63) is 0 Å². The van der Waals surface area contributed by atoms with E-state index < -0.39 is 0 Å². The van der Waals surface area contributed by atoms with Crippen molar-refractivity contribution in [3.63, 3.8) is 0 Å². The molecule has 0 spiro atoms. The molecule has 0 aliphatic carbocycles. The molecule has 0 heterocycles. The fourth-order valence-corrected chi connectivity index (χ4v) is 0.723. The highest BCUT2D eigenvalue weighted by molar-refractivity contribution is 5.88. The zero-order valence-corrected chi connectivity index (χ0v) is 7.33. The summed E-state index contributed by atoms with van der Waals surface area (Å²) < 4.78 is 0. The number of hydrogen-bond donors (Lipinski definition) is 2. The molecule has 0 aromatic rings. The normalized spacial score (nSPS) is 11.8. The van der Waals surface area contributed by atoms with Gasteiger partial charge in [-0.3, -0.25) is 10.4 Å². The molecule has 0 aliphatic heterocycles. The zero-order valence-electron chi connectivity index (χ0n) is 7.33. The Bertz CT molecular complexity index is 151. The van der Waals surface area contributed by atoms with E-state index in [1.807, 2.05) is 20.8 Å². The van der Waals surface area contributed by atoms with Crippen molar-refractivity contribution in [2.75, 3.05) is 6.54 Å². The summed E-state index contributed by atoms with van der Waals surface area (Å²) in [7, 11) is 0. The Labute approximate surface area is 67.6 Å². The maximum Gasteiger partial charge on any atom is 0.196 e. The first kappa shape index (κ1) is 9.94. The van der Waals surface area contributed by atoms with E-state index in [2.05, 4.69) is 4.99 Å². The van der Waals surface area contributed by atoms with Gasteiger partial charge in [0.15, 0.2) is 5.96 Å². The standard InChI is InChI=1S/C7H16N4/c1-4-10-7(9)11(5-8)6(2)3/h5-6,8H,4H2,1-3H3,(H2,9,10). The van der Waals surface area contributed by atoms with Crippen molar-refractivity contribution < 1.29 is 0 Å². The van der Waals surface area contributed by atoms with Crippen LogP contribution in [-0.4, -0.2) is 29.8 Å². The summed E-state index contributed by atoms with van der Waals surface area (Å²) in [5.41, 5.74) is 5.56. The van der Waals surface area contributed by atoms with E-state index in [1.165, 1.54) is 6.34 Å². The van der Waals surface area contributed by atoms with Crippen LogP contribution in [0.5, 0.6) is 0 Å². The van der Waals surface area contributed by atoms with Gasteiger partial charge >= 0.3 is 0 Å². The Morgan fingerprint density at radius 1 is 1.73 bits per heavy atom. The molecule has 0 amide bonds. The molecule has 0 radical (unpaired) electrons. The van der Waals surface area contributed by atoms with Gasteiger partial charge in [0.05, 0.1) is 6.34 Å². The predicted octanol–water partition coefficient (Wildman–Crippen LogP) is 0.638. The van der Waals surface area contributed by atoms with Crippen LogP contribution in [0.1, 0.15) is 20.8 Å². The highest BCUT2D eigenvalue weighted by Gasteiger charge is 2.07. The smallest absolute Gasteiger partial charge is 0.196 e. The summed E-state index contributed by atoms with van der Waals surface area (Å²) in [6.07, 6.45) is 1.19. The van der Waals surface area contributed by atoms with E-state index in [0.29, 0.717) is 12.5 Å². The van der Waals surface area contributed by atoms with E-state index in [0.717, 1.165) is 0 Å². The van der Waals surface area contributed by atoms with E-state index in [1.54, 1.807) is 4.90 Å². The maximum atomic E-state index is 7.04. The summed E-state index contributed by atoms with van der Waals surface area (Å²) in [4.78, 5) is 5.60. The lowest BCUT2D eigenvalue weighted by Gasteiger charge is -2.21. The van der Waals surface area contributed by atoms with Gasteiger partial charge in [-0.1, -0.05) is 0 Å². The molecule has 4 heteroatoms. The fraction of sp³-hybridized carbons (Fsp3) is 0.714. The minimum absolute atomic E-state index is 0.197. The van der Waals surface area contributed by atoms with Crippen LogP contribution in [-0.2, 0) is 0 Å². The Balaban J connectivity index is 4.25. The van der Waals surface area contributed by atoms with E-state index in [-0.39, 0.29) is 6.04 Å². The second-order valence-electron chi connectivity index (χ2n) is 2.46. The first-order valence-electron chi connectivity index (χ1n) is 3.72. The lowest BCUT2D eigenvalue weighted by Crippen LogP contribution is -2.40. The van der Waals surface area contributed by atoms with Gasteiger partial charge in [-0.25, -0.2) is 0 Å². The second-order valence-corrected chi connectivity index (χ2v) is 2.46. The van der Waals surface area contributed by atoms with Crippen molar-refractivity contribution in [2.45, 2.75) is 26.8 Å². The Hall–Kier alpha value is -1.06. The Kier molecular flexibility index (Phi) is 4.26.